The van der Waals surface area contributed by atoms with E-state index in [1.807, 2.05) is 85.8 Å². The van der Waals surface area contributed by atoms with Crippen molar-refractivity contribution in [2.24, 2.45) is 5.92 Å². The van der Waals surface area contributed by atoms with Gasteiger partial charge in [-0.15, -0.1) is 0 Å². The van der Waals surface area contributed by atoms with Gasteiger partial charge in [-0.05, 0) is 67.8 Å². The second-order valence-electron chi connectivity index (χ2n) is 7.90. The third kappa shape index (κ3) is 5.99. The molecule has 1 unspecified atom stereocenters. The van der Waals surface area contributed by atoms with Crippen LogP contribution in [0.1, 0.15) is 42.5 Å². The molecule has 3 aromatic carbocycles. The van der Waals surface area contributed by atoms with Gasteiger partial charge in [0.05, 0.1) is 6.04 Å². The van der Waals surface area contributed by atoms with E-state index in [-0.39, 0.29) is 23.9 Å². The van der Waals surface area contributed by atoms with E-state index in [0.29, 0.717) is 5.69 Å². The molecule has 3 N–H and O–H groups in total. The highest BCUT2D eigenvalue weighted by Crippen LogP contribution is 2.30. The molecule has 32 heavy (non-hydrogen) atoms. The average Bonchev–Trinajstić information content (AvgIpc) is 3.65. The molecule has 5 heteroatoms. The van der Waals surface area contributed by atoms with Gasteiger partial charge >= 0.3 is 6.03 Å². The summed E-state index contributed by atoms with van der Waals surface area (Å²) in [5.41, 5.74) is 4.16. The van der Waals surface area contributed by atoms with Crippen LogP contribution in [0.15, 0.2) is 78.9 Å². The predicted molar refractivity (Wildman–Crippen MR) is 127 cm³/mol. The lowest BCUT2D eigenvalue weighted by atomic mass is 10.1. The fourth-order valence-corrected chi connectivity index (χ4v) is 3.23. The van der Waals surface area contributed by atoms with Gasteiger partial charge in [-0.2, -0.15) is 0 Å². The molecule has 0 spiro atoms. The molecule has 4 rings (SSSR count). The number of hydrogen-bond donors (Lipinski definition) is 3. The number of rotatable bonds is 5. The quantitative estimate of drug-likeness (QED) is 0.486. The summed E-state index contributed by atoms with van der Waals surface area (Å²) in [7, 11) is 0. The van der Waals surface area contributed by atoms with E-state index in [0.717, 1.165) is 35.2 Å². The molecule has 0 aliphatic heterocycles. The minimum absolute atomic E-state index is 0.0824. The van der Waals surface area contributed by atoms with Gasteiger partial charge in [-0.3, -0.25) is 4.79 Å². The summed E-state index contributed by atoms with van der Waals surface area (Å²) in [6.45, 7) is 1.92. The van der Waals surface area contributed by atoms with Gasteiger partial charge < -0.3 is 16.0 Å². The molecule has 160 valence electrons. The van der Waals surface area contributed by atoms with E-state index >= 15 is 0 Å². The number of nitrogens with one attached hydrogen (secondary N) is 3. The highest BCUT2D eigenvalue weighted by Gasteiger charge is 2.29. The standard InChI is InChI=1S/C27H25N3O2/c1-19(22-14-16-24(17-15-22)29-26(31)23-12-13-23)28-27(32)30-25-9-5-8-21(18-25)11-10-20-6-3-2-4-7-20/h2-9,14-19,23H,12-13H2,1H3,(H,29,31)(H2,28,30,32). The summed E-state index contributed by atoms with van der Waals surface area (Å²) < 4.78 is 0. The van der Waals surface area contributed by atoms with Gasteiger partial charge in [0.25, 0.3) is 0 Å². The van der Waals surface area contributed by atoms with Crippen LogP contribution in [0.5, 0.6) is 0 Å². The van der Waals surface area contributed by atoms with E-state index in [1.54, 1.807) is 0 Å². The van der Waals surface area contributed by atoms with Crippen molar-refractivity contribution in [1.82, 2.24) is 5.32 Å². The van der Waals surface area contributed by atoms with Crippen LogP contribution in [0.4, 0.5) is 16.2 Å². The Morgan fingerprint density at radius 3 is 2.22 bits per heavy atom. The number of hydrogen-bond acceptors (Lipinski definition) is 2. The van der Waals surface area contributed by atoms with E-state index in [1.165, 1.54) is 0 Å². The smallest absolute Gasteiger partial charge is 0.319 e. The van der Waals surface area contributed by atoms with Gasteiger partial charge in [0.15, 0.2) is 0 Å². The van der Waals surface area contributed by atoms with E-state index in [2.05, 4.69) is 27.8 Å². The van der Waals surface area contributed by atoms with Crippen LogP contribution in [0.3, 0.4) is 0 Å². The summed E-state index contributed by atoms with van der Waals surface area (Å²) in [5, 5.41) is 8.72. The van der Waals surface area contributed by atoms with Crippen LogP contribution in [0, 0.1) is 17.8 Å². The monoisotopic (exact) mass is 423 g/mol. The SMILES string of the molecule is CC(NC(=O)Nc1cccc(C#Cc2ccccc2)c1)c1ccc(NC(=O)C2CC2)cc1. The second-order valence-corrected chi connectivity index (χ2v) is 7.90. The van der Waals surface area contributed by atoms with Crippen molar-refractivity contribution in [2.45, 2.75) is 25.8 Å². The zero-order valence-electron chi connectivity index (χ0n) is 17.9. The molecule has 1 aliphatic carbocycles. The fourth-order valence-electron chi connectivity index (χ4n) is 3.23. The molecule has 0 aromatic heterocycles. The van der Waals surface area contributed by atoms with Crippen molar-refractivity contribution in [3.05, 3.63) is 95.6 Å². The topological polar surface area (TPSA) is 70.2 Å². The zero-order chi connectivity index (χ0) is 22.3. The first-order valence-electron chi connectivity index (χ1n) is 10.7. The van der Waals surface area contributed by atoms with Gasteiger partial charge in [-0.25, -0.2) is 4.79 Å². The molecule has 1 fully saturated rings. The average molecular weight is 424 g/mol. The van der Waals surface area contributed by atoms with Crippen LogP contribution in [0.25, 0.3) is 0 Å². The summed E-state index contributed by atoms with van der Waals surface area (Å²) in [6, 6.07) is 24.3. The molecule has 3 aromatic rings. The van der Waals surface area contributed by atoms with Crippen molar-refractivity contribution >= 4 is 23.3 Å². The van der Waals surface area contributed by atoms with Gasteiger partial charge in [0, 0.05) is 28.4 Å². The van der Waals surface area contributed by atoms with E-state index in [4.69, 9.17) is 0 Å². The first kappa shape index (κ1) is 21.2. The van der Waals surface area contributed by atoms with Crippen molar-refractivity contribution in [3.8, 4) is 11.8 Å². The molecule has 0 saturated heterocycles. The molecule has 0 bridgehead atoms. The minimum atomic E-state index is -0.295. The number of carbonyl (C=O) groups is 2. The molecule has 3 amide bonds. The van der Waals surface area contributed by atoms with Crippen molar-refractivity contribution < 1.29 is 9.59 Å². The van der Waals surface area contributed by atoms with E-state index in [9.17, 15) is 9.59 Å². The number of urea groups is 1. The molecular weight excluding hydrogens is 398 g/mol. The van der Waals surface area contributed by atoms with Gasteiger partial charge in [-0.1, -0.05) is 48.2 Å². The zero-order valence-corrected chi connectivity index (χ0v) is 17.9. The Morgan fingerprint density at radius 1 is 0.812 bits per heavy atom. The third-order valence-electron chi connectivity index (χ3n) is 5.22. The normalized spacial score (nSPS) is 13.3. The summed E-state index contributed by atoms with van der Waals surface area (Å²) in [5.74, 6) is 6.49. The maximum absolute atomic E-state index is 12.5. The van der Waals surface area contributed by atoms with Crippen molar-refractivity contribution in [3.63, 3.8) is 0 Å². The number of amides is 3. The molecular formula is C27H25N3O2. The Morgan fingerprint density at radius 2 is 1.50 bits per heavy atom. The fraction of sp³-hybridized carbons (Fsp3) is 0.185. The van der Waals surface area contributed by atoms with Gasteiger partial charge in [0.1, 0.15) is 0 Å². The van der Waals surface area contributed by atoms with Gasteiger partial charge in [0.2, 0.25) is 5.91 Å². The summed E-state index contributed by atoms with van der Waals surface area (Å²) in [6.07, 6.45) is 1.95. The Hall–Kier alpha value is -4.04. The maximum Gasteiger partial charge on any atom is 0.319 e. The highest BCUT2D eigenvalue weighted by atomic mass is 16.2. The second kappa shape index (κ2) is 9.84. The summed E-state index contributed by atoms with van der Waals surface area (Å²) in [4.78, 5) is 24.3. The molecule has 0 heterocycles. The lowest BCUT2D eigenvalue weighted by Gasteiger charge is -2.16. The third-order valence-corrected chi connectivity index (χ3v) is 5.22. The number of carbonyl (C=O) groups excluding carboxylic acids is 2. The first-order valence-corrected chi connectivity index (χ1v) is 10.7. The number of benzene rings is 3. The molecule has 1 aliphatic rings. The molecule has 0 radical (unpaired) electrons. The maximum atomic E-state index is 12.5. The number of anilines is 2. The van der Waals surface area contributed by atoms with E-state index < -0.39 is 0 Å². The first-order chi connectivity index (χ1) is 15.6. The van der Waals surface area contributed by atoms with Crippen LogP contribution in [0.2, 0.25) is 0 Å². The Bertz CT molecular complexity index is 1160. The largest absolute Gasteiger partial charge is 0.331 e. The Kier molecular flexibility index (Phi) is 6.52. The lowest BCUT2D eigenvalue weighted by molar-refractivity contribution is -0.117. The predicted octanol–water partition coefficient (Wildman–Crippen LogP) is 5.32. The van der Waals surface area contributed by atoms with Crippen LogP contribution < -0.4 is 16.0 Å². The Balaban J connectivity index is 1.32. The summed E-state index contributed by atoms with van der Waals surface area (Å²) >= 11 is 0. The highest BCUT2D eigenvalue weighted by molar-refractivity contribution is 5.94. The Labute approximate surface area is 188 Å². The minimum Gasteiger partial charge on any atom is -0.331 e. The molecule has 1 saturated carbocycles. The van der Waals surface area contributed by atoms with Crippen LogP contribution in [-0.4, -0.2) is 11.9 Å². The van der Waals surface area contributed by atoms with Crippen LogP contribution in [-0.2, 0) is 4.79 Å². The lowest BCUT2D eigenvalue weighted by Crippen LogP contribution is -2.31. The van der Waals surface area contributed by atoms with Crippen LogP contribution >= 0.6 is 0 Å². The van der Waals surface area contributed by atoms with Crippen molar-refractivity contribution in [1.29, 1.82) is 0 Å². The van der Waals surface area contributed by atoms with Crippen molar-refractivity contribution in [2.75, 3.05) is 10.6 Å². The molecule has 5 nitrogen and oxygen atoms in total. The molecule has 1 atom stereocenters.